The van der Waals surface area contributed by atoms with Gasteiger partial charge in [-0.3, -0.25) is 0 Å². The standard InChI is InChI=1S/C13H16N2O/c1-11(12-5-3-2-4-6-12)13-14-7-8-15(13)9-10-16/h2-8,11,16H,9-10H2,1H3. The van der Waals surface area contributed by atoms with Crippen LogP contribution in [0.25, 0.3) is 0 Å². The van der Waals surface area contributed by atoms with Crippen molar-refractivity contribution in [2.75, 3.05) is 6.61 Å². The highest BCUT2D eigenvalue weighted by molar-refractivity contribution is 5.24. The van der Waals surface area contributed by atoms with Crippen LogP contribution in [0.1, 0.15) is 24.2 Å². The Bertz CT molecular complexity index is 436. The van der Waals surface area contributed by atoms with Crippen molar-refractivity contribution in [2.24, 2.45) is 0 Å². The van der Waals surface area contributed by atoms with Crippen LogP contribution in [0, 0.1) is 0 Å². The fourth-order valence-corrected chi connectivity index (χ4v) is 1.89. The molecule has 0 saturated carbocycles. The van der Waals surface area contributed by atoms with Crippen molar-refractivity contribution in [2.45, 2.75) is 19.4 Å². The summed E-state index contributed by atoms with van der Waals surface area (Å²) in [5.74, 6) is 1.25. The van der Waals surface area contributed by atoms with Crippen molar-refractivity contribution in [3.05, 3.63) is 54.1 Å². The van der Waals surface area contributed by atoms with Crippen LogP contribution in [-0.2, 0) is 6.54 Å². The molecule has 0 spiro atoms. The Balaban J connectivity index is 2.27. The van der Waals surface area contributed by atoms with Crippen LogP contribution in [-0.4, -0.2) is 21.3 Å². The van der Waals surface area contributed by atoms with Crippen LogP contribution >= 0.6 is 0 Å². The molecule has 1 N–H and O–H groups in total. The molecule has 0 aliphatic rings. The molecule has 2 rings (SSSR count). The lowest BCUT2D eigenvalue weighted by atomic mass is 10.0. The first-order valence-electron chi connectivity index (χ1n) is 5.49. The van der Waals surface area contributed by atoms with E-state index in [2.05, 4.69) is 24.0 Å². The van der Waals surface area contributed by atoms with Gasteiger partial charge in [0, 0.05) is 24.9 Å². The number of nitrogens with zero attached hydrogens (tertiary/aromatic N) is 2. The van der Waals surface area contributed by atoms with Gasteiger partial charge in [0.15, 0.2) is 0 Å². The largest absolute Gasteiger partial charge is 0.395 e. The van der Waals surface area contributed by atoms with E-state index in [4.69, 9.17) is 5.11 Å². The Kier molecular flexibility index (Phi) is 3.37. The second-order valence-corrected chi connectivity index (χ2v) is 3.83. The summed E-state index contributed by atoms with van der Waals surface area (Å²) in [6.07, 6.45) is 3.69. The monoisotopic (exact) mass is 216 g/mol. The fraction of sp³-hybridized carbons (Fsp3) is 0.308. The molecule has 0 fully saturated rings. The first-order chi connectivity index (χ1) is 7.83. The number of aliphatic hydroxyl groups is 1. The summed E-state index contributed by atoms with van der Waals surface area (Å²) >= 11 is 0. The van der Waals surface area contributed by atoms with E-state index < -0.39 is 0 Å². The normalized spacial score (nSPS) is 12.6. The second kappa shape index (κ2) is 4.94. The maximum absolute atomic E-state index is 8.97. The van der Waals surface area contributed by atoms with Crippen LogP contribution in [0.2, 0.25) is 0 Å². The molecule has 2 aromatic rings. The lowest BCUT2D eigenvalue weighted by molar-refractivity contribution is 0.273. The first kappa shape index (κ1) is 10.9. The quantitative estimate of drug-likeness (QED) is 0.849. The Morgan fingerprint density at radius 2 is 2.06 bits per heavy atom. The molecule has 0 aliphatic heterocycles. The van der Waals surface area contributed by atoms with Crippen molar-refractivity contribution < 1.29 is 5.11 Å². The number of aliphatic hydroxyl groups excluding tert-OH is 1. The number of imidazole rings is 1. The molecule has 84 valence electrons. The zero-order chi connectivity index (χ0) is 11.4. The first-order valence-corrected chi connectivity index (χ1v) is 5.49. The van der Waals surface area contributed by atoms with Crippen LogP contribution < -0.4 is 0 Å². The van der Waals surface area contributed by atoms with Gasteiger partial charge in [-0.2, -0.15) is 0 Å². The summed E-state index contributed by atoms with van der Waals surface area (Å²) in [6, 6.07) is 10.3. The highest BCUT2D eigenvalue weighted by Gasteiger charge is 2.13. The minimum absolute atomic E-state index is 0.144. The maximum Gasteiger partial charge on any atom is 0.115 e. The summed E-state index contributed by atoms with van der Waals surface area (Å²) in [5.41, 5.74) is 1.24. The van der Waals surface area contributed by atoms with E-state index in [9.17, 15) is 0 Å². The van der Waals surface area contributed by atoms with Gasteiger partial charge in [0.2, 0.25) is 0 Å². The van der Waals surface area contributed by atoms with Gasteiger partial charge in [0.05, 0.1) is 6.61 Å². The van der Waals surface area contributed by atoms with Gasteiger partial charge in [-0.05, 0) is 5.56 Å². The van der Waals surface area contributed by atoms with Gasteiger partial charge >= 0.3 is 0 Å². The zero-order valence-electron chi connectivity index (χ0n) is 9.37. The van der Waals surface area contributed by atoms with E-state index >= 15 is 0 Å². The van der Waals surface area contributed by atoms with Gasteiger partial charge < -0.3 is 9.67 Å². The lowest BCUT2D eigenvalue weighted by Crippen LogP contribution is -2.09. The van der Waals surface area contributed by atoms with Gasteiger partial charge in [-0.25, -0.2) is 4.98 Å². The van der Waals surface area contributed by atoms with Crippen molar-refractivity contribution in [3.8, 4) is 0 Å². The Labute approximate surface area is 95.4 Å². The SMILES string of the molecule is CC(c1ccccc1)c1nccn1CCO. The number of hydrogen-bond acceptors (Lipinski definition) is 2. The highest BCUT2D eigenvalue weighted by Crippen LogP contribution is 2.22. The van der Waals surface area contributed by atoms with Gasteiger partial charge in [0.1, 0.15) is 5.82 Å². The molecule has 3 nitrogen and oxygen atoms in total. The third kappa shape index (κ3) is 2.14. The molecule has 16 heavy (non-hydrogen) atoms. The molecule has 1 aromatic heterocycles. The Morgan fingerprint density at radius 1 is 1.31 bits per heavy atom. The summed E-state index contributed by atoms with van der Waals surface area (Å²) in [4.78, 5) is 4.36. The number of benzene rings is 1. The molecule has 0 amide bonds. The highest BCUT2D eigenvalue weighted by atomic mass is 16.3. The molecule has 3 heteroatoms. The molecular weight excluding hydrogens is 200 g/mol. The van der Waals surface area contributed by atoms with Crippen molar-refractivity contribution in [1.82, 2.24) is 9.55 Å². The second-order valence-electron chi connectivity index (χ2n) is 3.83. The average Bonchev–Trinajstić information content (AvgIpc) is 2.78. The number of hydrogen-bond donors (Lipinski definition) is 1. The predicted octanol–water partition coefficient (Wildman–Crippen LogP) is 2.03. The molecule has 0 bridgehead atoms. The van der Waals surface area contributed by atoms with Crippen molar-refractivity contribution in [1.29, 1.82) is 0 Å². The van der Waals surface area contributed by atoms with E-state index in [0.29, 0.717) is 6.54 Å². The fourth-order valence-electron chi connectivity index (χ4n) is 1.89. The molecular formula is C13H16N2O. The third-order valence-corrected chi connectivity index (χ3v) is 2.78. The Morgan fingerprint density at radius 3 is 2.75 bits per heavy atom. The van der Waals surface area contributed by atoms with Crippen molar-refractivity contribution in [3.63, 3.8) is 0 Å². The summed E-state index contributed by atoms with van der Waals surface area (Å²) < 4.78 is 2.00. The summed E-state index contributed by atoms with van der Waals surface area (Å²) in [6.45, 7) is 2.88. The number of aromatic nitrogens is 2. The van der Waals surface area contributed by atoms with E-state index in [1.54, 1.807) is 6.20 Å². The van der Waals surface area contributed by atoms with Crippen molar-refractivity contribution >= 4 is 0 Å². The molecule has 1 aromatic carbocycles. The van der Waals surface area contributed by atoms with E-state index in [0.717, 1.165) is 5.82 Å². The number of rotatable bonds is 4. The smallest absolute Gasteiger partial charge is 0.115 e. The Hall–Kier alpha value is -1.61. The summed E-state index contributed by atoms with van der Waals surface area (Å²) in [7, 11) is 0. The van der Waals surface area contributed by atoms with Crippen LogP contribution in [0.3, 0.4) is 0 Å². The van der Waals surface area contributed by atoms with Gasteiger partial charge in [-0.1, -0.05) is 37.3 Å². The van der Waals surface area contributed by atoms with Crippen LogP contribution in [0.4, 0.5) is 0 Å². The molecule has 1 heterocycles. The molecule has 1 atom stereocenters. The molecule has 0 radical (unpaired) electrons. The van der Waals surface area contributed by atoms with Crippen LogP contribution in [0.15, 0.2) is 42.7 Å². The summed E-state index contributed by atoms with van der Waals surface area (Å²) in [5, 5.41) is 8.97. The van der Waals surface area contributed by atoms with E-state index in [1.165, 1.54) is 5.56 Å². The third-order valence-electron chi connectivity index (χ3n) is 2.78. The maximum atomic E-state index is 8.97. The zero-order valence-corrected chi connectivity index (χ0v) is 9.37. The minimum atomic E-state index is 0.144. The van der Waals surface area contributed by atoms with Gasteiger partial charge in [0.25, 0.3) is 0 Å². The minimum Gasteiger partial charge on any atom is -0.395 e. The van der Waals surface area contributed by atoms with Crippen LogP contribution in [0.5, 0.6) is 0 Å². The average molecular weight is 216 g/mol. The molecule has 1 unspecified atom stereocenters. The molecule has 0 saturated heterocycles. The van der Waals surface area contributed by atoms with E-state index in [-0.39, 0.29) is 12.5 Å². The van der Waals surface area contributed by atoms with Gasteiger partial charge in [-0.15, -0.1) is 0 Å². The lowest BCUT2D eigenvalue weighted by Gasteiger charge is -2.13. The topological polar surface area (TPSA) is 38.0 Å². The predicted molar refractivity (Wildman–Crippen MR) is 63.3 cm³/mol. The van der Waals surface area contributed by atoms with E-state index in [1.807, 2.05) is 29.0 Å². The molecule has 0 aliphatic carbocycles.